The second-order valence-electron chi connectivity index (χ2n) is 7.75. The van der Waals surface area contributed by atoms with Gasteiger partial charge in [-0.2, -0.15) is 18.4 Å². The van der Waals surface area contributed by atoms with Crippen LogP contribution < -0.4 is 9.46 Å². The van der Waals surface area contributed by atoms with Crippen molar-refractivity contribution in [2.24, 2.45) is 5.41 Å². The molecule has 2 heterocycles. The molecule has 1 N–H and O–H groups in total. The molecule has 1 amide bonds. The van der Waals surface area contributed by atoms with Gasteiger partial charge in [-0.1, -0.05) is 17.7 Å². The molecule has 1 saturated carbocycles. The highest BCUT2D eigenvalue weighted by molar-refractivity contribution is 7.90. The maximum absolute atomic E-state index is 13.0. The van der Waals surface area contributed by atoms with Gasteiger partial charge >= 0.3 is 6.18 Å². The maximum Gasteiger partial charge on any atom is 0.397 e. The van der Waals surface area contributed by atoms with Crippen LogP contribution in [0.3, 0.4) is 0 Å². The van der Waals surface area contributed by atoms with Crippen molar-refractivity contribution in [1.29, 1.82) is 5.26 Å². The lowest BCUT2D eigenvalue weighted by Crippen LogP contribution is -2.31. The van der Waals surface area contributed by atoms with Crippen LogP contribution in [0.1, 0.15) is 28.8 Å². The molecule has 0 unspecified atom stereocenters. The van der Waals surface area contributed by atoms with Crippen molar-refractivity contribution in [1.82, 2.24) is 19.5 Å². The van der Waals surface area contributed by atoms with Crippen molar-refractivity contribution in [3.05, 3.63) is 64.9 Å². The summed E-state index contributed by atoms with van der Waals surface area (Å²) in [6.07, 6.45) is -2.98. The number of ether oxygens (including phenoxy) is 1. The third kappa shape index (κ3) is 5.08. The summed E-state index contributed by atoms with van der Waals surface area (Å²) in [6, 6.07) is 10.8. The Labute approximate surface area is 202 Å². The van der Waals surface area contributed by atoms with E-state index < -0.39 is 34.1 Å². The smallest absolute Gasteiger partial charge is 0.397 e. The number of alkyl halides is 3. The second kappa shape index (κ2) is 8.86. The number of hydrogen-bond acceptors (Lipinski definition) is 7. The molecule has 2 aromatic heterocycles. The summed E-state index contributed by atoms with van der Waals surface area (Å²) >= 11 is 6.08. The quantitative estimate of drug-likeness (QED) is 0.467. The number of amides is 1. The van der Waals surface area contributed by atoms with Gasteiger partial charge in [0.1, 0.15) is 17.2 Å². The Balaban J connectivity index is 1.46. The maximum atomic E-state index is 13.0. The third-order valence-electron chi connectivity index (χ3n) is 5.33. The zero-order valence-electron chi connectivity index (χ0n) is 17.6. The molecule has 1 fully saturated rings. The summed E-state index contributed by atoms with van der Waals surface area (Å²) in [6.45, 7) is -0.549. The van der Waals surface area contributed by atoms with E-state index >= 15 is 0 Å². The average molecular weight is 526 g/mol. The Hall–Kier alpha value is -3.63. The summed E-state index contributed by atoms with van der Waals surface area (Å²) in [4.78, 5) is 16.2. The molecule has 35 heavy (non-hydrogen) atoms. The number of carbonyl (C=O) groups excluding carboxylic acids is 1. The van der Waals surface area contributed by atoms with Crippen LogP contribution in [-0.2, 0) is 10.0 Å². The number of nitriles is 1. The summed E-state index contributed by atoms with van der Waals surface area (Å²) in [5.41, 5.74) is -2.00. The first-order valence-corrected chi connectivity index (χ1v) is 11.8. The first-order valence-electron chi connectivity index (χ1n) is 9.94. The minimum absolute atomic E-state index is 0.00260. The van der Waals surface area contributed by atoms with E-state index in [9.17, 15) is 26.4 Å². The van der Waals surface area contributed by atoms with Crippen LogP contribution in [0.15, 0.2) is 53.6 Å². The van der Waals surface area contributed by atoms with Gasteiger partial charge in [0.15, 0.2) is 5.82 Å². The van der Waals surface area contributed by atoms with Crippen molar-refractivity contribution >= 4 is 27.5 Å². The number of nitrogens with zero attached hydrogens (tertiary/aromatic N) is 4. The van der Waals surface area contributed by atoms with E-state index in [1.807, 2.05) is 4.72 Å². The predicted molar refractivity (Wildman–Crippen MR) is 115 cm³/mol. The molecule has 0 bridgehead atoms. The number of nitrogens with one attached hydrogen (secondary N) is 1. The van der Waals surface area contributed by atoms with Gasteiger partial charge in [-0.25, -0.2) is 22.8 Å². The topological polar surface area (TPSA) is 127 Å². The van der Waals surface area contributed by atoms with Crippen molar-refractivity contribution < 1.29 is 31.1 Å². The SMILES string of the molecule is N#Cc1cccc(S(=O)(=O)NC(=O)c2ccc(-n3ccc(OCC4(C(F)(F)F)CC4)n3)nc2Cl)c1. The van der Waals surface area contributed by atoms with E-state index in [1.165, 1.54) is 47.3 Å². The number of rotatable bonds is 7. The van der Waals surface area contributed by atoms with Crippen LogP contribution in [0.4, 0.5) is 13.2 Å². The first kappa shape index (κ1) is 24.5. The Bertz CT molecular complexity index is 1450. The largest absolute Gasteiger partial charge is 0.476 e. The molecule has 0 radical (unpaired) electrons. The van der Waals surface area contributed by atoms with E-state index in [1.54, 1.807) is 6.07 Å². The number of benzene rings is 1. The number of aromatic nitrogens is 3. The van der Waals surface area contributed by atoms with Crippen LogP contribution >= 0.6 is 11.6 Å². The van der Waals surface area contributed by atoms with Gasteiger partial charge in [0.2, 0.25) is 5.88 Å². The van der Waals surface area contributed by atoms with Crippen LogP contribution in [0.25, 0.3) is 5.82 Å². The normalized spacial score (nSPS) is 14.7. The summed E-state index contributed by atoms with van der Waals surface area (Å²) < 4.78 is 72.3. The molecule has 0 spiro atoms. The van der Waals surface area contributed by atoms with Crippen LogP contribution in [0.2, 0.25) is 5.15 Å². The van der Waals surface area contributed by atoms with Gasteiger partial charge in [-0.15, -0.1) is 5.10 Å². The molecule has 1 aliphatic carbocycles. The molecule has 3 aromatic rings. The first-order chi connectivity index (χ1) is 16.4. The molecule has 4 rings (SSSR count). The lowest BCUT2D eigenvalue weighted by atomic mass is 10.1. The van der Waals surface area contributed by atoms with Crippen LogP contribution in [-0.4, -0.2) is 41.9 Å². The van der Waals surface area contributed by atoms with Crippen LogP contribution in [0, 0.1) is 16.7 Å². The molecule has 0 atom stereocenters. The number of carbonyl (C=O) groups is 1. The highest BCUT2D eigenvalue weighted by Gasteiger charge is 2.64. The Kier molecular flexibility index (Phi) is 6.20. The average Bonchev–Trinajstić information content (AvgIpc) is 3.47. The van der Waals surface area contributed by atoms with Gasteiger partial charge < -0.3 is 4.74 Å². The van der Waals surface area contributed by atoms with Crippen molar-refractivity contribution in [2.45, 2.75) is 23.9 Å². The van der Waals surface area contributed by atoms with Gasteiger partial charge in [0, 0.05) is 12.3 Å². The Morgan fingerprint density at radius 3 is 2.63 bits per heavy atom. The number of halogens is 4. The van der Waals surface area contributed by atoms with E-state index in [-0.39, 0.29) is 45.7 Å². The zero-order chi connectivity index (χ0) is 25.4. The molecule has 1 aliphatic rings. The predicted octanol–water partition coefficient (Wildman–Crippen LogP) is 3.63. The number of hydrogen-bond donors (Lipinski definition) is 1. The van der Waals surface area contributed by atoms with E-state index in [0.717, 1.165) is 6.07 Å². The lowest BCUT2D eigenvalue weighted by Gasteiger charge is -2.18. The lowest BCUT2D eigenvalue weighted by molar-refractivity contribution is -0.194. The molecule has 14 heteroatoms. The minimum atomic E-state index is -4.35. The third-order valence-corrected chi connectivity index (χ3v) is 6.95. The fourth-order valence-corrected chi connectivity index (χ4v) is 4.32. The van der Waals surface area contributed by atoms with E-state index in [2.05, 4.69) is 10.1 Å². The fourth-order valence-electron chi connectivity index (χ4n) is 3.07. The van der Waals surface area contributed by atoms with E-state index in [0.29, 0.717) is 0 Å². The zero-order valence-corrected chi connectivity index (χ0v) is 19.2. The van der Waals surface area contributed by atoms with Crippen LogP contribution in [0.5, 0.6) is 5.88 Å². The fraction of sp³-hybridized carbons (Fsp3) is 0.238. The highest BCUT2D eigenvalue weighted by atomic mass is 35.5. The minimum Gasteiger partial charge on any atom is -0.476 e. The van der Waals surface area contributed by atoms with Crippen molar-refractivity contribution in [3.8, 4) is 17.8 Å². The summed E-state index contributed by atoms with van der Waals surface area (Å²) in [7, 11) is -4.29. The van der Waals surface area contributed by atoms with Gasteiger partial charge in [-0.3, -0.25) is 4.79 Å². The molecule has 9 nitrogen and oxygen atoms in total. The summed E-state index contributed by atoms with van der Waals surface area (Å²) in [5, 5.41) is 12.6. The number of sulfonamides is 1. The Morgan fingerprint density at radius 1 is 1.26 bits per heavy atom. The molecule has 1 aromatic carbocycles. The van der Waals surface area contributed by atoms with E-state index in [4.69, 9.17) is 21.6 Å². The monoisotopic (exact) mass is 525 g/mol. The number of pyridine rings is 1. The Morgan fingerprint density at radius 2 is 2.00 bits per heavy atom. The summed E-state index contributed by atoms with van der Waals surface area (Å²) in [5.74, 6) is -0.989. The second-order valence-corrected chi connectivity index (χ2v) is 9.79. The molecule has 182 valence electrons. The van der Waals surface area contributed by atoms with Gasteiger partial charge in [0.25, 0.3) is 15.9 Å². The van der Waals surface area contributed by atoms with Gasteiger partial charge in [-0.05, 0) is 43.2 Å². The highest BCUT2D eigenvalue weighted by Crippen LogP contribution is 2.57. The van der Waals surface area contributed by atoms with Crippen molar-refractivity contribution in [2.75, 3.05) is 6.61 Å². The standard InChI is InChI=1S/C21H15ClF3N5O4S/c22-18-15(19(31)29-35(32,33)14-3-1-2-13(10-14)11-26)4-5-16(27-18)30-9-6-17(28-30)34-12-20(7-8-20)21(23,24)25/h1-6,9-10H,7-8,12H2,(H,29,31). The molecule has 0 saturated heterocycles. The molecular formula is C21H15ClF3N5O4S. The van der Waals surface area contributed by atoms with Gasteiger partial charge in [0.05, 0.1) is 22.1 Å². The van der Waals surface area contributed by atoms with Crippen molar-refractivity contribution in [3.63, 3.8) is 0 Å². The molecular weight excluding hydrogens is 511 g/mol. The molecule has 0 aliphatic heterocycles.